The van der Waals surface area contributed by atoms with Gasteiger partial charge in [-0.2, -0.15) is 0 Å². The van der Waals surface area contributed by atoms with E-state index in [-0.39, 0.29) is 31.9 Å². The van der Waals surface area contributed by atoms with Gasteiger partial charge in [0.2, 0.25) is 0 Å². The van der Waals surface area contributed by atoms with Crippen LogP contribution in [0.1, 0.15) is 77.0 Å². The van der Waals surface area contributed by atoms with E-state index in [1.165, 1.54) is 90.1 Å². The first kappa shape index (κ1) is 38.8. The van der Waals surface area contributed by atoms with Crippen molar-refractivity contribution in [3.05, 3.63) is 75.5 Å². The number of hydrogen-bond donors (Lipinski definition) is 0. The van der Waals surface area contributed by atoms with Gasteiger partial charge in [0.25, 0.3) is 0 Å². The van der Waals surface area contributed by atoms with Gasteiger partial charge in [0, 0.05) is 53.3 Å². The summed E-state index contributed by atoms with van der Waals surface area (Å²) in [4.78, 5) is 0. The summed E-state index contributed by atoms with van der Waals surface area (Å²) in [5.74, 6) is 0. The summed E-state index contributed by atoms with van der Waals surface area (Å²) >= 11 is 0. The maximum Gasteiger partial charge on any atom is 2.00 e. The van der Waals surface area contributed by atoms with Crippen molar-refractivity contribution in [3.8, 4) is 0 Å². The second kappa shape index (κ2) is 20.7. The molecular weight excluding hydrogens is 610 g/mol. The van der Waals surface area contributed by atoms with Crippen LogP contribution in [0.25, 0.3) is 0 Å². The molecule has 242 valence electrons. The standard InChI is InChI=1S/C29H42N2O2P2.C5H10.2CH3.Fe/c1-32-22-24-12-10-20-30(24)35(31-21-11-13-25(31)23-33-2)29-19-9-18-28(29)34(26-14-5-3-6-15-26)27-16-7-4-8-17-27;1-2-4-5-3-1;;;/h3-8,14-17,24-25,28-29H,9-13,18-23H2,1-2H3;1-5H2;2*1H3;/q;;2*-1;+2/t24-,25-,28?,29?;;;;/m1..../s1. The van der Waals surface area contributed by atoms with E-state index in [0.29, 0.717) is 12.1 Å². The molecule has 0 amide bonds. The molecule has 2 aromatic carbocycles. The third kappa shape index (κ3) is 10.1. The molecule has 4 atom stereocenters. The summed E-state index contributed by atoms with van der Waals surface area (Å²) in [6.45, 7) is 4.19. The minimum atomic E-state index is -0.396. The second-order valence-electron chi connectivity index (χ2n) is 12.0. The van der Waals surface area contributed by atoms with Crippen molar-refractivity contribution in [2.24, 2.45) is 0 Å². The molecule has 2 aliphatic carbocycles. The summed E-state index contributed by atoms with van der Waals surface area (Å²) in [5.41, 5.74) is 1.47. The molecule has 4 aliphatic rings. The van der Waals surface area contributed by atoms with Crippen LogP contribution in [0.5, 0.6) is 0 Å². The number of benzene rings is 2. The fraction of sp³-hybridized carbons (Fsp3) is 0.611. The number of ether oxygens (including phenoxy) is 2. The van der Waals surface area contributed by atoms with Gasteiger partial charge in [-0.1, -0.05) is 99.2 Å². The Labute approximate surface area is 278 Å². The normalized spacial score (nSPS) is 25.6. The van der Waals surface area contributed by atoms with Crippen LogP contribution >= 0.6 is 16.1 Å². The van der Waals surface area contributed by atoms with E-state index in [1.54, 1.807) is 10.6 Å². The van der Waals surface area contributed by atoms with Gasteiger partial charge in [-0.15, -0.1) is 0 Å². The van der Waals surface area contributed by atoms with E-state index in [4.69, 9.17) is 9.47 Å². The summed E-state index contributed by atoms with van der Waals surface area (Å²) in [6, 6.07) is 24.0. The van der Waals surface area contributed by atoms with E-state index >= 15 is 0 Å². The zero-order valence-electron chi connectivity index (χ0n) is 27.4. The molecule has 2 heterocycles. The molecular formula is C36H58FeN2O2P2. The van der Waals surface area contributed by atoms with Crippen LogP contribution in [0.4, 0.5) is 0 Å². The van der Waals surface area contributed by atoms with Crippen LogP contribution in [-0.4, -0.2) is 73.3 Å². The van der Waals surface area contributed by atoms with Gasteiger partial charge in [-0.3, -0.25) is 9.34 Å². The topological polar surface area (TPSA) is 24.9 Å². The summed E-state index contributed by atoms with van der Waals surface area (Å²) in [5, 5.41) is 3.09. The van der Waals surface area contributed by atoms with E-state index in [2.05, 4.69) is 70.0 Å². The Balaban J connectivity index is 0.000000734. The zero-order valence-corrected chi connectivity index (χ0v) is 30.2. The van der Waals surface area contributed by atoms with Gasteiger partial charge in [-0.05, 0) is 62.7 Å². The van der Waals surface area contributed by atoms with E-state index in [9.17, 15) is 0 Å². The Morgan fingerprint density at radius 1 is 0.581 bits per heavy atom. The first-order valence-electron chi connectivity index (χ1n) is 16.0. The molecule has 6 rings (SSSR count). The largest absolute Gasteiger partial charge is 2.00 e. The summed E-state index contributed by atoms with van der Waals surface area (Å²) < 4.78 is 17.4. The van der Waals surface area contributed by atoms with Crippen molar-refractivity contribution in [1.29, 1.82) is 0 Å². The Morgan fingerprint density at radius 3 is 1.42 bits per heavy atom. The number of hydrogen-bond acceptors (Lipinski definition) is 4. The molecule has 4 fully saturated rings. The number of rotatable bonds is 10. The molecule has 43 heavy (non-hydrogen) atoms. The van der Waals surface area contributed by atoms with Crippen molar-refractivity contribution < 1.29 is 26.5 Å². The van der Waals surface area contributed by atoms with Gasteiger partial charge >= 0.3 is 17.1 Å². The Hall–Kier alpha value is -0.341. The SMILES string of the molecule is C1CCCC1.COC[C@H]1CCCN1P(C1CCCC1P(c1ccccc1)c1ccccc1)N1CCC[C@@H]1COC.[CH3-].[CH3-].[Fe+2]. The van der Waals surface area contributed by atoms with Gasteiger partial charge in [0.1, 0.15) is 0 Å². The molecule has 0 aromatic heterocycles. The molecule has 7 heteroatoms. The third-order valence-corrected chi connectivity index (χ3v) is 15.9. The quantitative estimate of drug-likeness (QED) is 0.144. The molecule has 0 N–H and O–H groups in total. The van der Waals surface area contributed by atoms with Crippen molar-refractivity contribution >= 4 is 26.8 Å². The van der Waals surface area contributed by atoms with Crippen LogP contribution in [0.15, 0.2) is 60.7 Å². The van der Waals surface area contributed by atoms with E-state index in [0.717, 1.165) is 24.5 Å². The molecule has 2 aromatic rings. The van der Waals surface area contributed by atoms with Crippen molar-refractivity contribution in [2.45, 2.75) is 100 Å². The van der Waals surface area contributed by atoms with Crippen molar-refractivity contribution in [1.82, 2.24) is 9.34 Å². The van der Waals surface area contributed by atoms with E-state index < -0.39 is 16.1 Å². The van der Waals surface area contributed by atoms with Crippen LogP contribution in [-0.2, 0) is 26.5 Å². The first-order chi connectivity index (χ1) is 19.8. The minimum Gasteiger partial charge on any atom is -0.383 e. The monoisotopic (exact) mass is 668 g/mol. The zero-order chi connectivity index (χ0) is 27.6. The summed E-state index contributed by atoms with van der Waals surface area (Å²) in [6.07, 6.45) is 16.7. The number of methoxy groups -OCH3 is 2. The molecule has 2 saturated heterocycles. The van der Waals surface area contributed by atoms with Gasteiger partial charge in [-0.25, -0.2) is 0 Å². The van der Waals surface area contributed by atoms with Gasteiger partial charge < -0.3 is 24.3 Å². The Bertz CT molecular complexity index is 913. The molecule has 0 spiro atoms. The predicted molar refractivity (Wildman–Crippen MR) is 187 cm³/mol. The summed E-state index contributed by atoms with van der Waals surface area (Å²) in [7, 11) is 2.97. The van der Waals surface area contributed by atoms with Gasteiger partial charge in [0.15, 0.2) is 0 Å². The fourth-order valence-electron chi connectivity index (χ4n) is 7.52. The van der Waals surface area contributed by atoms with Crippen LogP contribution in [0.2, 0.25) is 0 Å². The van der Waals surface area contributed by atoms with Crippen molar-refractivity contribution in [2.75, 3.05) is 40.5 Å². The average Bonchev–Trinajstić information content (AvgIpc) is 3.82. The van der Waals surface area contributed by atoms with E-state index in [1.807, 2.05) is 14.2 Å². The van der Waals surface area contributed by atoms with Crippen LogP contribution < -0.4 is 10.6 Å². The van der Waals surface area contributed by atoms with Crippen molar-refractivity contribution in [3.63, 3.8) is 0 Å². The maximum absolute atomic E-state index is 5.75. The number of nitrogens with zero attached hydrogens (tertiary/aromatic N) is 2. The van der Waals surface area contributed by atoms with Crippen LogP contribution in [0, 0.1) is 14.9 Å². The molecule has 2 saturated carbocycles. The third-order valence-electron chi connectivity index (χ3n) is 9.33. The molecule has 2 aliphatic heterocycles. The average molecular weight is 669 g/mol. The molecule has 4 nitrogen and oxygen atoms in total. The van der Waals surface area contributed by atoms with Gasteiger partial charge in [0.05, 0.1) is 13.2 Å². The maximum atomic E-state index is 5.75. The minimum absolute atomic E-state index is 0. The Kier molecular flexibility index (Phi) is 18.7. The predicted octanol–water partition coefficient (Wildman–Crippen LogP) is 8.42. The first-order valence-corrected chi connectivity index (χ1v) is 18.7. The van der Waals surface area contributed by atoms with Crippen LogP contribution in [0.3, 0.4) is 0 Å². The Morgan fingerprint density at radius 2 is 1.00 bits per heavy atom. The molecule has 2 unspecified atom stereocenters. The smallest absolute Gasteiger partial charge is 0.383 e. The molecule has 0 radical (unpaired) electrons. The molecule has 0 bridgehead atoms. The fourth-order valence-corrected chi connectivity index (χ4v) is 14.9. The second-order valence-corrected chi connectivity index (χ2v) is 16.8.